The number of methoxy groups -OCH3 is 2. The number of carbonyl (C=O) groups excluding carboxylic acids is 1. The number of fused-ring (bicyclic) bond motifs is 1. The zero-order valence-electron chi connectivity index (χ0n) is 14.6. The fourth-order valence-corrected chi connectivity index (χ4v) is 2.69. The van der Waals surface area contributed by atoms with E-state index in [1.165, 1.54) is 0 Å². The summed E-state index contributed by atoms with van der Waals surface area (Å²) in [5.41, 5.74) is 3.03. The molecular formula is C19H20N2O5. The predicted molar refractivity (Wildman–Crippen MR) is 96.5 cm³/mol. The lowest BCUT2D eigenvalue weighted by molar-refractivity contribution is -0.121. The van der Waals surface area contributed by atoms with Crippen molar-refractivity contribution in [1.82, 2.24) is 10.3 Å². The van der Waals surface area contributed by atoms with Crippen LogP contribution in [0.25, 0.3) is 11.1 Å². The molecule has 0 spiro atoms. The molecule has 1 aromatic heterocycles. The lowest BCUT2D eigenvalue weighted by atomic mass is 10.1. The first-order valence-electron chi connectivity index (χ1n) is 8.18. The van der Waals surface area contributed by atoms with E-state index in [-0.39, 0.29) is 5.91 Å². The summed E-state index contributed by atoms with van der Waals surface area (Å²) in [7, 11) is 3.15. The Balaban J connectivity index is 1.54. The van der Waals surface area contributed by atoms with Gasteiger partial charge in [0.05, 0.1) is 19.7 Å². The number of hydrogen-bond donors (Lipinski definition) is 2. The number of aromatic nitrogens is 1. The largest absolute Gasteiger partial charge is 0.493 e. The van der Waals surface area contributed by atoms with Crippen LogP contribution in [0.2, 0.25) is 0 Å². The van der Waals surface area contributed by atoms with Crippen molar-refractivity contribution in [1.29, 1.82) is 0 Å². The molecular weight excluding hydrogens is 336 g/mol. The standard InChI is InChI=1S/C19H20N2O5/c1-24-16-7-4-13(10-17(16)25-2)11-20-18(22)8-5-12-3-6-15-14(9-12)21-19(23)26-15/h3-4,6-7,9-10H,5,8,11H2,1-2H3,(H,20,22)(H,21,23). The lowest BCUT2D eigenvalue weighted by Crippen LogP contribution is -2.23. The average Bonchev–Trinajstić information content (AvgIpc) is 3.03. The number of hydrogen-bond acceptors (Lipinski definition) is 5. The molecule has 0 atom stereocenters. The molecule has 3 rings (SSSR count). The Kier molecular flexibility index (Phi) is 5.26. The zero-order chi connectivity index (χ0) is 18.5. The van der Waals surface area contributed by atoms with Gasteiger partial charge >= 0.3 is 5.76 Å². The zero-order valence-corrected chi connectivity index (χ0v) is 14.6. The van der Waals surface area contributed by atoms with Gasteiger partial charge in [0.25, 0.3) is 0 Å². The van der Waals surface area contributed by atoms with Crippen LogP contribution in [0.4, 0.5) is 0 Å². The second kappa shape index (κ2) is 7.77. The molecule has 2 N–H and O–H groups in total. The fraction of sp³-hybridized carbons (Fsp3) is 0.263. The van der Waals surface area contributed by atoms with Crippen LogP contribution in [0.3, 0.4) is 0 Å². The van der Waals surface area contributed by atoms with E-state index in [4.69, 9.17) is 13.9 Å². The van der Waals surface area contributed by atoms with Gasteiger partial charge in [-0.25, -0.2) is 4.79 Å². The number of ether oxygens (including phenoxy) is 2. The molecule has 0 unspecified atom stereocenters. The van der Waals surface area contributed by atoms with Crippen molar-refractivity contribution in [2.24, 2.45) is 0 Å². The van der Waals surface area contributed by atoms with Gasteiger partial charge in [0, 0.05) is 13.0 Å². The van der Waals surface area contributed by atoms with Gasteiger partial charge < -0.3 is 19.2 Å². The third-order valence-electron chi connectivity index (χ3n) is 4.06. The first-order valence-corrected chi connectivity index (χ1v) is 8.18. The third-order valence-corrected chi connectivity index (χ3v) is 4.06. The van der Waals surface area contributed by atoms with E-state index in [9.17, 15) is 9.59 Å². The van der Waals surface area contributed by atoms with Crippen LogP contribution in [-0.2, 0) is 17.8 Å². The van der Waals surface area contributed by atoms with Crippen molar-refractivity contribution in [3.8, 4) is 11.5 Å². The molecule has 0 saturated carbocycles. The summed E-state index contributed by atoms with van der Waals surface area (Å²) in [4.78, 5) is 25.9. The van der Waals surface area contributed by atoms with Crippen molar-refractivity contribution in [3.63, 3.8) is 0 Å². The van der Waals surface area contributed by atoms with Gasteiger partial charge in [-0.15, -0.1) is 0 Å². The first-order chi connectivity index (χ1) is 12.6. The normalized spacial score (nSPS) is 10.7. The van der Waals surface area contributed by atoms with Gasteiger partial charge in [0.1, 0.15) is 0 Å². The van der Waals surface area contributed by atoms with Crippen LogP contribution in [0.5, 0.6) is 11.5 Å². The highest BCUT2D eigenvalue weighted by molar-refractivity contribution is 5.77. The van der Waals surface area contributed by atoms with Crippen molar-refractivity contribution >= 4 is 17.0 Å². The SMILES string of the molecule is COc1ccc(CNC(=O)CCc2ccc3oc(=O)[nH]c3c2)cc1OC. The van der Waals surface area contributed by atoms with Gasteiger partial charge in [-0.1, -0.05) is 12.1 Å². The van der Waals surface area contributed by atoms with E-state index in [0.29, 0.717) is 42.0 Å². The second-order valence-corrected chi connectivity index (χ2v) is 5.81. The van der Waals surface area contributed by atoms with Crippen LogP contribution in [0.15, 0.2) is 45.6 Å². The Hall–Kier alpha value is -3.22. The molecule has 1 amide bonds. The minimum atomic E-state index is -0.482. The number of rotatable bonds is 7. The van der Waals surface area contributed by atoms with Crippen LogP contribution in [0, 0.1) is 0 Å². The summed E-state index contributed by atoms with van der Waals surface area (Å²) >= 11 is 0. The van der Waals surface area contributed by atoms with E-state index >= 15 is 0 Å². The van der Waals surface area contributed by atoms with E-state index in [1.54, 1.807) is 26.4 Å². The molecule has 0 aliphatic heterocycles. The maximum Gasteiger partial charge on any atom is 0.417 e. The predicted octanol–water partition coefficient (Wildman–Crippen LogP) is 2.39. The maximum atomic E-state index is 12.1. The summed E-state index contributed by atoms with van der Waals surface area (Å²) in [6.07, 6.45) is 0.918. The average molecular weight is 356 g/mol. The number of H-pyrrole nitrogens is 1. The van der Waals surface area contributed by atoms with Crippen molar-refractivity contribution in [3.05, 3.63) is 58.1 Å². The van der Waals surface area contributed by atoms with E-state index < -0.39 is 5.76 Å². The number of amides is 1. The molecule has 0 saturated heterocycles. The molecule has 0 radical (unpaired) electrons. The van der Waals surface area contributed by atoms with Crippen LogP contribution in [-0.4, -0.2) is 25.1 Å². The summed E-state index contributed by atoms with van der Waals surface area (Å²) in [6.45, 7) is 0.410. The van der Waals surface area contributed by atoms with Gasteiger partial charge in [-0.3, -0.25) is 9.78 Å². The van der Waals surface area contributed by atoms with Crippen molar-refractivity contribution < 1.29 is 18.7 Å². The summed E-state index contributed by atoms with van der Waals surface area (Å²) < 4.78 is 15.4. The number of oxazole rings is 1. The summed E-state index contributed by atoms with van der Waals surface area (Å²) in [5.74, 6) is 0.738. The quantitative estimate of drug-likeness (QED) is 0.678. The van der Waals surface area contributed by atoms with Gasteiger partial charge in [0.2, 0.25) is 5.91 Å². The van der Waals surface area contributed by atoms with E-state index in [1.807, 2.05) is 24.3 Å². The molecule has 7 nitrogen and oxygen atoms in total. The Morgan fingerprint density at radius 2 is 1.85 bits per heavy atom. The first kappa shape index (κ1) is 17.6. The van der Waals surface area contributed by atoms with Crippen molar-refractivity contribution in [2.45, 2.75) is 19.4 Å². The Morgan fingerprint density at radius 3 is 2.62 bits per heavy atom. The van der Waals surface area contributed by atoms with E-state index in [2.05, 4.69) is 10.3 Å². The third kappa shape index (κ3) is 4.05. The number of benzene rings is 2. The molecule has 1 heterocycles. The smallest absolute Gasteiger partial charge is 0.417 e. The van der Waals surface area contributed by atoms with Gasteiger partial charge in [-0.05, 0) is 41.8 Å². The highest BCUT2D eigenvalue weighted by Crippen LogP contribution is 2.27. The maximum absolute atomic E-state index is 12.1. The topological polar surface area (TPSA) is 93.6 Å². The summed E-state index contributed by atoms with van der Waals surface area (Å²) in [6, 6.07) is 10.9. The molecule has 0 bridgehead atoms. The number of aryl methyl sites for hydroxylation is 1. The molecule has 3 aromatic rings. The van der Waals surface area contributed by atoms with Crippen LogP contribution < -0.4 is 20.5 Å². The number of aromatic amines is 1. The molecule has 7 heteroatoms. The van der Waals surface area contributed by atoms with Crippen LogP contribution >= 0.6 is 0 Å². The molecule has 0 aliphatic rings. The Morgan fingerprint density at radius 1 is 1.08 bits per heavy atom. The number of nitrogens with one attached hydrogen (secondary N) is 2. The molecule has 0 aliphatic carbocycles. The van der Waals surface area contributed by atoms with Gasteiger partial charge in [0.15, 0.2) is 17.1 Å². The second-order valence-electron chi connectivity index (χ2n) is 5.81. The molecule has 2 aromatic carbocycles. The number of carbonyl (C=O) groups is 1. The lowest BCUT2D eigenvalue weighted by Gasteiger charge is -2.10. The monoisotopic (exact) mass is 356 g/mol. The fourth-order valence-electron chi connectivity index (χ4n) is 2.69. The highest BCUT2D eigenvalue weighted by atomic mass is 16.5. The Bertz CT molecular complexity index is 973. The van der Waals surface area contributed by atoms with Gasteiger partial charge in [-0.2, -0.15) is 0 Å². The van der Waals surface area contributed by atoms with Crippen molar-refractivity contribution in [2.75, 3.05) is 14.2 Å². The molecule has 0 fully saturated rings. The van der Waals surface area contributed by atoms with Crippen LogP contribution in [0.1, 0.15) is 17.5 Å². The molecule has 26 heavy (non-hydrogen) atoms. The van der Waals surface area contributed by atoms with E-state index in [0.717, 1.165) is 11.1 Å². The Labute approximate surface area is 149 Å². The minimum Gasteiger partial charge on any atom is -0.493 e. The summed E-state index contributed by atoms with van der Waals surface area (Å²) in [5, 5.41) is 2.89. The molecule has 136 valence electrons. The minimum absolute atomic E-state index is 0.0550. The highest BCUT2D eigenvalue weighted by Gasteiger charge is 2.08.